The van der Waals surface area contributed by atoms with E-state index in [1.807, 2.05) is 0 Å². The van der Waals surface area contributed by atoms with Crippen LogP contribution in [0.25, 0.3) is 0 Å². The number of carboxylic acids is 1. The number of benzene rings is 1. The van der Waals surface area contributed by atoms with Crippen LogP contribution in [-0.2, 0) is 11.3 Å². The SMILES string of the molecule is O=C(NCc1cnc[nH]1)N[C@H](C(=O)O)c1ccccc1. The molecule has 2 aromatic rings. The standard InChI is InChI=1S/C13H14N4O3/c18-12(19)11(9-4-2-1-3-5-9)17-13(20)15-7-10-6-14-8-16-10/h1-6,8,11H,7H2,(H,14,16)(H,18,19)(H2,15,17,20)/t11-/m0/s1. The maximum atomic E-state index is 11.7. The number of rotatable bonds is 5. The Hall–Kier alpha value is -2.83. The third kappa shape index (κ3) is 3.58. The van der Waals surface area contributed by atoms with Gasteiger partial charge in [0.05, 0.1) is 18.6 Å². The Morgan fingerprint density at radius 1 is 1.30 bits per heavy atom. The predicted octanol–water partition coefficient (Wildman–Crippen LogP) is 1.03. The highest BCUT2D eigenvalue weighted by atomic mass is 16.4. The van der Waals surface area contributed by atoms with Gasteiger partial charge in [-0.2, -0.15) is 0 Å². The molecular formula is C13H14N4O3. The molecule has 1 atom stereocenters. The molecule has 2 rings (SSSR count). The highest BCUT2D eigenvalue weighted by Gasteiger charge is 2.21. The summed E-state index contributed by atoms with van der Waals surface area (Å²) in [5.41, 5.74) is 1.24. The number of aromatic nitrogens is 2. The van der Waals surface area contributed by atoms with Crippen LogP contribution in [0.4, 0.5) is 4.79 Å². The average molecular weight is 274 g/mol. The van der Waals surface area contributed by atoms with Gasteiger partial charge < -0.3 is 20.7 Å². The summed E-state index contributed by atoms with van der Waals surface area (Å²) in [6.07, 6.45) is 3.07. The van der Waals surface area contributed by atoms with Gasteiger partial charge in [-0.1, -0.05) is 30.3 Å². The minimum absolute atomic E-state index is 0.243. The molecule has 0 fully saturated rings. The van der Waals surface area contributed by atoms with E-state index in [2.05, 4.69) is 20.6 Å². The molecule has 1 heterocycles. The van der Waals surface area contributed by atoms with Crippen LogP contribution in [-0.4, -0.2) is 27.1 Å². The van der Waals surface area contributed by atoms with Gasteiger partial charge in [-0.25, -0.2) is 14.6 Å². The lowest BCUT2D eigenvalue weighted by molar-refractivity contribution is -0.139. The van der Waals surface area contributed by atoms with Crippen molar-refractivity contribution in [1.82, 2.24) is 20.6 Å². The van der Waals surface area contributed by atoms with Gasteiger partial charge in [0.15, 0.2) is 6.04 Å². The Morgan fingerprint density at radius 2 is 2.05 bits per heavy atom. The number of carboxylic acid groups (broad SMARTS) is 1. The second-order valence-corrected chi connectivity index (χ2v) is 4.09. The molecule has 1 aromatic carbocycles. The minimum atomic E-state index is -1.12. The van der Waals surface area contributed by atoms with Gasteiger partial charge in [-0.05, 0) is 5.56 Å². The summed E-state index contributed by atoms with van der Waals surface area (Å²) in [6, 6.07) is 6.86. The van der Waals surface area contributed by atoms with Gasteiger partial charge in [0.25, 0.3) is 0 Å². The van der Waals surface area contributed by atoms with Crippen LogP contribution >= 0.6 is 0 Å². The first kappa shape index (κ1) is 13.6. The molecule has 0 saturated heterocycles. The number of carbonyl (C=O) groups is 2. The maximum Gasteiger partial charge on any atom is 0.330 e. The van der Waals surface area contributed by atoms with E-state index < -0.39 is 18.0 Å². The van der Waals surface area contributed by atoms with E-state index in [4.69, 9.17) is 5.11 Å². The second-order valence-electron chi connectivity index (χ2n) is 4.09. The van der Waals surface area contributed by atoms with Crippen LogP contribution in [0.3, 0.4) is 0 Å². The normalized spacial score (nSPS) is 11.6. The molecular weight excluding hydrogens is 260 g/mol. The van der Waals surface area contributed by atoms with Crippen molar-refractivity contribution in [3.8, 4) is 0 Å². The Bertz CT molecular complexity index is 569. The monoisotopic (exact) mass is 274 g/mol. The molecule has 0 aliphatic rings. The summed E-state index contributed by atoms with van der Waals surface area (Å²) < 4.78 is 0. The van der Waals surface area contributed by atoms with Crippen molar-refractivity contribution in [3.63, 3.8) is 0 Å². The van der Waals surface area contributed by atoms with Crippen molar-refractivity contribution in [2.24, 2.45) is 0 Å². The molecule has 0 unspecified atom stereocenters. The number of nitrogens with zero attached hydrogens (tertiary/aromatic N) is 1. The third-order valence-corrected chi connectivity index (χ3v) is 2.65. The Balaban J connectivity index is 1.95. The van der Waals surface area contributed by atoms with Gasteiger partial charge in [0.2, 0.25) is 0 Å². The van der Waals surface area contributed by atoms with Crippen LogP contribution in [0, 0.1) is 0 Å². The summed E-state index contributed by atoms with van der Waals surface area (Å²) >= 11 is 0. The van der Waals surface area contributed by atoms with E-state index in [1.54, 1.807) is 36.5 Å². The highest BCUT2D eigenvalue weighted by Crippen LogP contribution is 2.12. The van der Waals surface area contributed by atoms with Crippen LogP contribution in [0.1, 0.15) is 17.3 Å². The van der Waals surface area contributed by atoms with Gasteiger partial charge in [-0.15, -0.1) is 0 Å². The van der Waals surface area contributed by atoms with Crippen molar-refractivity contribution in [2.75, 3.05) is 0 Å². The number of aromatic amines is 1. The Kier molecular flexibility index (Phi) is 4.33. The largest absolute Gasteiger partial charge is 0.479 e. The van der Waals surface area contributed by atoms with E-state index in [1.165, 1.54) is 6.33 Å². The number of imidazole rings is 1. The van der Waals surface area contributed by atoms with Crippen LogP contribution in [0.15, 0.2) is 42.9 Å². The van der Waals surface area contributed by atoms with Crippen molar-refractivity contribution in [1.29, 1.82) is 0 Å². The van der Waals surface area contributed by atoms with E-state index in [0.717, 1.165) is 5.69 Å². The topological polar surface area (TPSA) is 107 Å². The molecule has 104 valence electrons. The first-order valence-corrected chi connectivity index (χ1v) is 5.96. The number of nitrogens with one attached hydrogen (secondary N) is 3. The molecule has 7 nitrogen and oxygen atoms in total. The lowest BCUT2D eigenvalue weighted by atomic mass is 10.1. The molecule has 1 aromatic heterocycles. The van der Waals surface area contributed by atoms with E-state index in [0.29, 0.717) is 5.56 Å². The number of aliphatic carboxylic acids is 1. The summed E-state index contributed by atoms with van der Waals surface area (Å²) in [6.45, 7) is 0.243. The Labute approximate surface area is 115 Å². The van der Waals surface area contributed by atoms with E-state index in [-0.39, 0.29) is 6.54 Å². The van der Waals surface area contributed by atoms with E-state index in [9.17, 15) is 9.59 Å². The van der Waals surface area contributed by atoms with Crippen LogP contribution in [0.2, 0.25) is 0 Å². The summed E-state index contributed by atoms with van der Waals surface area (Å²) in [7, 11) is 0. The highest BCUT2D eigenvalue weighted by molar-refractivity contribution is 5.83. The fourth-order valence-corrected chi connectivity index (χ4v) is 1.67. The Morgan fingerprint density at radius 3 is 2.65 bits per heavy atom. The zero-order chi connectivity index (χ0) is 14.4. The van der Waals surface area contributed by atoms with Crippen molar-refractivity contribution in [2.45, 2.75) is 12.6 Å². The number of hydrogen-bond donors (Lipinski definition) is 4. The molecule has 0 bridgehead atoms. The smallest absolute Gasteiger partial charge is 0.330 e. The first-order valence-electron chi connectivity index (χ1n) is 5.96. The van der Waals surface area contributed by atoms with Gasteiger partial charge in [-0.3, -0.25) is 0 Å². The first-order chi connectivity index (χ1) is 9.66. The minimum Gasteiger partial charge on any atom is -0.479 e. The van der Waals surface area contributed by atoms with Crippen molar-refractivity contribution < 1.29 is 14.7 Å². The fourth-order valence-electron chi connectivity index (χ4n) is 1.67. The molecule has 7 heteroatoms. The zero-order valence-corrected chi connectivity index (χ0v) is 10.5. The summed E-state index contributed by atoms with van der Waals surface area (Å²) in [4.78, 5) is 29.6. The van der Waals surface area contributed by atoms with E-state index >= 15 is 0 Å². The number of urea groups is 1. The number of carbonyl (C=O) groups excluding carboxylic acids is 1. The number of amides is 2. The number of hydrogen-bond acceptors (Lipinski definition) is 3. The van der Waals surface area contributed by atoms with Crippen molar-refractivity contribution in [3.05, 3.63) is 54.1 Å². The second kappa shape index (κ2) is 6.37. The van der Waals surface area contributed by atoms with Crippen LogP contribution in [0.5, 0.6) is 0 Å². The molecule has 0 aliphatic carbocycles. The fraction of sp³-hybridized carbons (Fsp3) is 0.154. The van der Waals surface area contributed by atoms with Crippen molar-refractivity contribution >= 4 is 12.0 Å². The zero-order valence-electron chi connectivity index (χ0n) is 10.5. The molecule has 0 aliphatic heterocycles. The van der Waals surface area contributed by atoms with Crippen LogP contribution < -0.4 is 10.6 Å². The van der Waals surface area contributed by atoms with Gasteiger partial charge >= 0.3 is 12.0 Å². The number of H-pyrrole nitrogens is 1. The third-order valence-electron chi connectivity index (χ3n) is 2.65. The maximum absolute atomic E-state index is 11.7. The molecule has 0 spiro atoms. The molecule has 20 heavy (non-hydrogen) atoms. The lowest BCUT2D eigenvalue weighted by Crippen LogP contribution is -2.40. The van der Waals surface area contributed by atoms with Gasteiger partial charge in [0.1, 0.15) is 0 Å². The molecule has 2 amide bonds. The molecule has 0 radical (unpaired) electrons. The van der Waals surface area contributed by atoms with Gasteiger partial charge in [0, 0.05) is 6.20 Å². The average Bonchev–Trinajstić information content (AvgIpc) is 2.96. The summed E-state index contributed by atoms with van der Waals surface area (Å²) in [5.74, 6) is -1.12. The molecule has 0 saturated carbocycles. The predicted molar refractivity (Wildman–Crippen MR) is 70.8 cm³/mol. The molecule has 4 N–H and O–H groups in total. The quantitative estimate of drug-likeness (QED) is 0.653. The summed E-state index contributed by atoms with van der Waals surface area (Å²) in [5, 5.41) is 14.1. The lowest BCUT2D eigenvalue weighted by Gasteiger charge is -2.15.